The van der Waals surface area contributed by atoms with Crippen molar-refractivity contribution in [2.24, 2.45) is 0 Å². The Bertz CT molecular complexity index is 1160. The monoisotopic (exact) mass is 453 g/mol. The van der Waals surface area contributed by atoms with Crippen LogP contribution in [-0.4, -0.2) is 25.9 Å². The van der Waals surface area contributed by atoms with Crippen LogP contribution in [0.1, 0.15) is 22.7 Å². The van der Waals surface area contributed by atoms with Crippen LogP contribution in [0.25, 0.3) is 0 Å². The summed E-state index contributed by atoms with van der Waals surface area (Å²) in [7, 11) is -9.36. The molecule has 0 spiro atoms. The lowest BCUT2D eigenvalue weighted by molar-refractivity contribution is -0.614. The zero-order chi connectivity index (χ0) is 21.9. The zero-order valence-electron chi connectivity index (χ0n) is 15.0. The van der Waals surface area contributed by atoms with Crippen LogP contribution >= 0.6 is 0 Å². The maximum atomic E-state index is 12.4. The summed E-state index contributed by atoms with van der Waals surface area (Å²) in [6.07, 6.45) is 1.31. The number of rotatable bonds is 7. The molecule has 10 nitrogen and oxygen atoms in total. The zero-order valence-corrected chi connectivity index (χ0v) is 16.7. The molecule has 0 fully saturated rings. The molecule has 2 aromatic carbocycles. The number of hydrogen-bond acceptors (Lipinski definition) is 7. The maximum Gasteiger partial charge on any atom is 0.446 e. The predicted molar refractivity (Wildman–Crippen MR) is 104 cm³/mol. The molecule has 30 heavy (non-hydrogen) atoms. The van der Waals surface area contributed by atoms with Crippen molar-refractivity contribution in [3.05, 3.63) is 95.0 Å². The van der Waals surface area contributed by atoms with Crippen LogP contribution < -0.4 is 13.1 Å². The quantitative estimate of drug-likeness (QED) is 0.310. The van der Waals surface area contributed by atoms with Gasteiger partial charge in [0, 0.05) is 12.1 Å². The van der Waals surface area contributed by atoms with Gasteiger partial charge >= 0.3 is 20.8 Å². The highest BCUT2D eigenvalue weighted by atomic mass is 32.3. The Hall–Kier alpha value is -3.19. The van der Waals surface area contributed by atoms with Crippen LogP contribution in [-0.2, 0) is 20.8 Å². The lowest BCUT2D eigenvalue weighted by atomic mass is 9.88. The number of aromatic nitrogens is 1. The molecule has 0 atom stereocenters. The summed E-state index contributed by atoms with van der Waals surface area (Å²) >= 11 is 0. The van der Waals surface area contributed by atoms with Gasteiger partial charge in [-0.05, 0) is 41.5 Å². The highest BCUT2D eigenvalue weighted by molar-refractivity contribution is 7.81. The Morgan fingerprint density at radius 1 is 0.733 bits per heavy atom. The van der Waals surface area contributed by atoms with Gasteiger partial charge in [-0.25, -0.2) is 0 Å². The Balaban J connectivity index is 2.03. The van der Waals surface area contributed by atoms with E-state index in [9.17, 15) is 22.0 Å². The third-order valence-electron chi connectivity index (χ3n) is 3.98. The van der Waals surface area contributed by atoms with E-state index in [1.165, 1.54) is 54.7 Å². The average Bonchev–Trinajstić information content (AvgIpc) is 2.64. The van der Waals surface area contributed by atoms with Crippen molar-refractivity contribution in [1.29, 1.82) is 0 Å². The Kier molecular flexibility index (Phi) is 5.94. The van der Waals surface area contributed by atoms with Crippen molar-refractivity contribution < 1.29 is 39.0 Å². The van der Waals surface area contributed by atoms with Gasteiger partial charge in [0.2, 0.25) is 5.69 Å². The van der Waals surface area contributed by atoms with Crippen molar-refractivity contribution >= 4 is 20.8 Å². The molecule has 1 aromatic heterocycles. The van der Waals surface area contributed by atoms with Gasteiger partial charge in [0.15, 0.2) is 6.20 Å². The summed E-state index contributed by atoms with van der Waals surface area (Å²) in [5.74, 6) is -0.872. The highest BCUT2D eigenvalue weighted by Crippen LogP contribution is 2.32. The molecule has 0 saturated heterocycles. The first-order valence-electron chi connectivity index (χ1n) is 8.24. The molecule has 1 heterocycles. The standard InChI is InChI=1S/C18H15NO9S2/c20-19-12-2-1-3-17(19)18(13-4-8-15(9-5-13)27-29(21,22)23)14-6-10-16(11-7-14)28-30(24,25)26/h1-12,18H,(H,21,22,23)(H,24,25,26). The molecule has 2 N–H and O–H groups in total. The van der Waals surface area contributed by atoms with Gasteiger partial charge in [-0.2, -0.15) is 21.6 Å². The molecular formula is C18H15NO9S2. The first-order valence-corrected chi connectivity index (χ1v) is 11.0. The molecular weight excluding hydrogens is 438 g/mol. The molecule has 0 saturated carbocycles. The maximum absolute atomic E-state index is 12.4. The molecule has 3 rings (SSSR count). The number of nitrogens with zero attached hydrogens (tertiary/aromatic N) is 1. The van der Waals surface area contributed by atoms with Crippen molar-refractivity contribution in [1.82, 2.24) is 0 Å². The van der Waals surface area contributed by atoms with Crippen LogP contribution in [0.2, 0.25) is 0 Å². The molecule has 158 valence electrons. The van der Waals surface area contributed by atoms with E-state index in [0.717, 1.165) is 0 Å². The van der Waals surface area contributed by atoms with E-state index in [-0.39, 0.29) is 11.5 Å². The van der Waals surface area contributed by atoms with Gasteiger partial charge in [-0.1, -0.05) is 24.3 Å². The van der Waals surface area contributed by atoms with Crippen LogP contribution in [0.5, 0.6) is 11.5 Å². The summed E-state index contributed by atoms with van der Waals surface area (Å²) < 4.78 is 70.4. The summed E-state index contributed by atoms with van der Waals surface area (Å²) in [5.41, 5.74) is 1.50. The minimum Gasteiger partial charge on any atom is -0.618 e. The van der Waals surface area contributed by atoms with Crippen LogP contribution in [0.15, 0.2) is 72.9 Å². The van der Waals surface area contributed by atoms with Crippen LogP contribution in [0.4, 0.5) is 0 Å². The fourth-order valence-electron chi connectivity index (χ4n) is 2.87. The fraction of sp³-hybridized carbons (Fsp3) is 0.0556. The summed E-state index contributed by atoms with van der Waals surface area (Å²) in [4.78, 5) is 0. The van der Waals surface area contributed by atoms with Gasteiger partial charge in [0.1, 0.15) is 11.5 Å². The smallest absolute Gasteiger partial charge is 0.446 e. The summed E-state index contributed by atoms with van der Waals surface area (Å²) in [6, 6.07) is 16.1. The SMILES string of the molecule is O=S(=O)(O)Oc1ccc(C(c2ccc(OS(=O)(=O)O)cc2)c2cccc[n+]2[O-])cc1. The van der Waals surface area contributed by atoms with Crippen molar-refractivity contribution in [3.63, 3.8) is 0 Å². The van der Waals surface area contributed by atoms with Gasteiger partial charge in [-0.3, -0.25) is 9.11 Å². The molecule has 0 unspecified atom stereocenters. The van der Waals surface area contributed by atoms with Crippen molar-refractivity contribution in [2.75, 3.05) is 0 Å². The molecule has 0 aliphatic heterocycles. The van der Waals surface area contributed by atoms with Gasteiger partial charge < -0.3 is 13.6 Å². The molecule has 0 aliphatic rings. The summed E-state index contributed by atoms with van der Waals surface area (Å²) in [5, 5.41) is 12.4. The van der Waals surface area contributed by atoms with E-state index in [2.05, 4.69) is 8.37 Å². The molecule has 0 radical (unpaired) electrons. The first kappa shape index (κ1) is 21.5. The molecule has 12 heteroatoms. The topological polar surface area (TPSA) is 154 Å². The molecule has 0 amide bonds. The third-order valence-corrected chi connectivity index (χ3v) is 4.79. The highest BCUT2D eigenvalue weighted by Gasteiger charge is 2.24. The lowest BCUT2D eigenvalue weighted by Gasteiger charge is -2.18. The normalized spacial score (nSPS) is 12.0. The average molecular weight is 453 g/mol. The first-order chi connectivity index (χ1) is 14.0. The number of pyridine rings is 1. The second-order valence-corrected chi connectivity index (χ2v) is 8.09. The Morgan fingerprint density at radius 3 is 1.53 bits per heavy atom. The Morgan fingerprint density at radius 2 is 1.17 bits per heavy atom. The van der Waals surface area contributed by atoms with E-state index in [0.29, 0.717) is 21.6 Å². The second-order valence-electron chi connectivity index (χ2n) is 6.04. The lowest BCUT2D eigenvalue weighted by Crippen LogP contribution is -2.33. The Labute approximate surface area is 172 Å². The molecule has 0 bridgehead atoms. The van der Waals surface area contributed by atoms with Crippen LogP contribution in [0.3, 0.4) is 0 Å². The van der Waals surface area contributed by atoms with E-state index < -0.39 is 26.7 Å². The van der Waals surface area contributed by atoms with E-state index in [1.54, 1.807) is 18.2 Å². The van der Waals surface area contributed by atoms with Crippen molar-refractivity contribution in [3.8, 4) is 11.5 Å². The predicted octanol–water partition coefficient (Wildman–Crippen LogP) is 1.86. The van der Waals surface area contributed by atoms with E-state index >= 15 is 0 Å². The minimum atomic E-state index is -4.68. The third kappa shape index (κ3) is 5.67. The largest absolute Gasteiger partial charge is 0.618 e. The van der Waals surface area contributed by atoms with E-state index in [1.807, 2.05) is 0 Å². The molecule has 3 aromatic rings. The van der Waals surface area contributed by atoms with Crippen molar-refractivity contribution in [2.45, 2.75) is 5.92 Å². The van der Waals surface area contributed by atoms with Gasteiger partial charge in [-0.15, -0.1) is 0 Å². The fourth-order valence-corrected chi connectivity index (χ4v) is 3.58. The number of benzene rings is 2. The number of hydrogen-bond donors (Lipinski definition) is 2. The molecule has 0 aliphatic carbocycles. The summed E-state index contributed by atoms with van der Waals surface area (Å²) in [6.45, 7) is 0. The van der Waals surface area contributed by atoms with E-state index in [4.69, 9.17) is 9.11 Å². The second kappa shape index (κ2) is 8.28. The van der Waals surface area contributed by atoms with Gasteiger partial charge in [0.25, 0.3) is 0 Å². The van der Waals surface area contributed by atoms with Crippen LogP contribution in [0, 0.1) is 5.21 Å². The van der Waals surface area contributed by atoms with Gasteiger partial charge in [0.05, 0.1) is 5.92 Å². The minimum absolute atomic E-state index is 0.125.